The van der Waals surface area contributed by atoms with Gasteiger partial charge in [0.2, 0.25) is 15.9 Å². The Morgan fingerprint density at radius 2 is 1.81 bits per heavy atom. The molecule has 0 aliphatic carbocycles. The van der Waals surface area contributed by atoms with Crippen LogP contribution in [0.4, 0.5) is 11.4 Å². The Kier molecular flexibility index (Phi) is 8.15. The molecule has 2 aromatic rings. The minimum Gasteiger partial charge on any atom is -0.492 e. The van der Waals surface area contributed by atoms with Gasteiger partial charge in [-0.15, -0.1) is 0 Å². The van der Waals surface area contributed by atoms with Gasteiger partial charge in [0.15, 0.2) is 0 Å². The number of benzene rings is 2. The molecule has 1 saturated heterocycles. The van der Waals surface area contributed by atoms with Crippen molar-refractivity contribution in [1.29, 1.82) is 0 Å². The number of amides is 1. The van der Waals surface area contributed by atoms with Crippen molar-refractivity contribution in [2.75, 3.05) is 43.0 Å². The van der Waals surface area contributed by atoms with Crippen LogP contribution in [0.25, 0.3) is 0 Å². The molecule has 0 radical (unpaired) electrons. The first-order valence-corrected chi connectivity index (χ1v) is 12.7. The zero-order valence-electron chi connectivity index (χ0n) is 19.1. The zero-order valence-corrected chi connectivity index (χ0v) is 20.0. The minimum atomic E-state index is -3.61. The number of para-hydroxylation sites is 1. The van der Waals surface area contributed by atoms with Gasteiger partial charge in [-0.3, -0.25) is 4.79 Å². The van der Waals surface area contributed by atoms with Crippen LogP contribution in [0, 0.1) is 6.92 Å². The van der Waals surface area contributed by atoms with E-state index in [-0.39, 0.29) is 17.3 Å². The number of nitrogens with one attached hydrogen (secondary N) is 1. The van der Waals surface area contributed by atoms with Crippen molar-refractivity contribution >= 4 is 27.3 Å². The Bertz CT molecular complexity index is 1030. The molecule has 0 bridgehead atoms. The third kappa shape index (κ3) is 5.61. The number of aryl methyl sites for hydroxylation is 1. The van der Waals surface area contributed by atoms with E-state index in [1.165, 1.54) is 10.4 Å². The maximum absolute atomic E-state index is 13.1. The molecule has 1 fully saturated rings. The fourth-order valence-corrected chi connectivity index (χ4v) is 5.50. The van der Waals surface area contributed by atoms with Crippen molar-refractivity contribution in [3.8, 4) is 5.75 Å². The van der Waals surface area contributed by atoms with Crippen LogP contribution in [-0.4, -0.2) is 51.4 Å². The largest absolute Gasteiger partial charge is 0.492 e. The van der Waals surface area contributed by atoms with E-state index in [9.17, 15) is 13.2 Å². The lowest BCUT2D eigenvalue weighted by Crippen LogP contribution is -2.35. The second-order valence-electron chi connectivity index (χ2n) is 7.90. The molecule has 7 nitrogen and oxygen atoms in total. The third-order valence-corrected chi connectivity index (χ3v) is 7.54. The SMILES string of the molecule is CCOc1ccc(S(=O)(=O)N2CCCCC2)cc1NC(=O)CN(CC)c1ccccc1C. The van der Waals surface area contributed by atoms with Gasteiger partial charge < -0.3 is 15.0 Å². The maximum atomic E-state index is 13.1. The number of carbonyl (C=O) groups is 1. The molecule has 1 aliphatic rings. The lowest BCUT2D eigenvalue weighted by molar-refractivity contribution is -0.115. The molecule has 0 aromatic heterocycles. The van der Waals surface area contributed by atoms with Crippen molar-refractivity contribution < 1.29 is 17.9 Å². The molecule has 174 valence electrons. The molecule has 1 heterocycles. The molecule has 32 heavy (non-hydrogen) atoms. The standard InChI is InChI=1S/C24H33N3O4S/c1-4-26(22-12-8-7-11-19(22)3)18-24(28)25-21-17-20(13-14-23(21)31-5-2)32(29,30)27-15-9-6-10-16-27/h7-8,11-14,17H,4-6,9-10,15-16,18H2,1-3H3,(H,25,28). The van der Waals surface area contributed by atoms with Crippen LogP contribution in [0.3, 0.4) is 0 Å². The van der Waals surface area contributed by atoms with E-state index in [2.05, 4.69) is 5.32 Å². The summed E-state index contributed by atoms with van der Waals surface area (Å²) >= 11 is 0. The predicted octanol–water partition coefficient (Wildman–Crippen LogP) is 4.03. The van der Waals surface area contributed by atoms with Crippen LogP contribution >= 0.6 is 0 Å². The highest BCUT2D eigenvalue weighted by molar-refractivity contribution is 7.89. The summed E-state index contributed by atoms with van der Waals surface area (Å²) in [6, 6.07) is 12.6. The van der Waals surface area contributed by atoms with E-state index in [4.69, 9.17) is 4.74 Å². The molecule has 0 atom stereocenters. The molecular formula is C24H33N3O4S. The van der Waals surface area contributed by atoms with Crippen LogP contribution in [0.2, 0.25) is 0 Å². The van der Waals surface area contributed by atoms with Crippen LogP contribution < -0.4 is 15.0 Å². The van der Waals surface area contributed by atoms with Gasteiger partial charge in [0, 0.05) is 25.3 Å². The van der Waals surface area contributed by atoms with Crippen molar-refractivity contribution in [3.05, 3.63) is 48.0 Å². The maximum Gasteiger partial charge on any atom is 0.243 e. The van der Waals surface area contributed by atoms with Gasteiger partial charge in [0.1, 0.15) is 5.75 Å². The number of nitrogens with zero attached hydrogens (tertiary/aromatic N) is 2. The highest BCUT2D eigenvalue weighted by Gasteiger charge is 2.27. The minimum absolute atomic E-state index is 0.149. The molecule has 0 spiro atoms. The highest BCUT2D eigenvalue weighted by Crippen LogP contribution is 2.30. The van der Waals surface area contributed by atoms with Crippen molar-refractivity contribution in [3.63, 3.8) is 0 Å². The Hall–Kier alpha value is -2.58. The summed E-state index contributed by atoms with van der Waals surface area (Å²) in [6.07, 6.45) is 2.78. The number of ether oxygens (including phenoxy) is 1. The average molecular weight is 460 g/mol. The zero-order chi connectivity index (χ0) is 23.1. The van der Waals surface area contributed by atoms with Gasteiger partial charge in [0.25, 0.3) is 0 Å². The lowest BCUT2D eigenvalue weighted by Gasteiger charge is -2.26. The van der Waals surface area contributed by atoms with Crippen LogP contribution in [0.15, 0.2) is 47.4 Å². The first-order valence-electron chi connectivity index (χ1n) is 11.2. The van der Waals surface area contributed by atoms with E-state index in [0.29, 0.717) is 37.7 Å². The summed E-state index contributed by atoms with van der Waals surface area (Å²) in [5, 5.41) is 2.88. The van der Waals surface area contributed by atoms with Crippen molar-refractivity contribution in [2.45, 2.75) is 44.9 Å². The van der Waals surface area contributed by atoms with E-state index < -0.39 is 10.0 Å². The smallest absolute Gasteiger partial charge is 0.243 e. The normalized spacial score (nSPS) is 14.7. The van der Waals surface area contributed by atoms with Crippen molar-refractivity contribution in [1.82, 2.24) is 4.31 Å². The van der Waals surface area contributed by atoms with Gasteiger partial charge in [-0.05, 0) is 63.4 Å². The summed E-state index contributed by atoms with van der Waals surface area (Å²) in [5.41, 5.74) is 2.46. The number of piperidine rings is 1. The number of rotatable bonds is 9. The first-order chi connectivity index (χ1) is 15.4. The fourth-order valence-electron chi connectivity index (χ4n) is 3.95. The molecule has 3 rings (SSSR count). The number of hydrogen-bond donors (Lipinski definition) is 1. The number of carbonyl (C=O) groups excluding carboxylic acids is 1. The Morgan fingerprint density at radius 3 is 2.47 bits per heavy atom. The second-order valence-corrected chi connectivity index (χ2v) is 9.84. The topological polar surface area (TPSA) is 79.0 Å². The Morgan fingerprint density at radius 1 is 1.09 bits per heavy atom. The van der Waals surface area contributed by atoms with Gasteiger partial charge in [0.05, 0.1) is 23.7 Å². The molecule has 8 heteroatoms. The van der Waals surface area contributed by atoms with Crippen LogP contribution in [0.5, 0.6) is 5.75 Å². The molecular weight excluding hydrogens is 426 g/mol. The van der Waals surface area contributed by atoms with Gasteiger partial charge >= 0.3 is 0 Å². The molecule has 0 saturated carbocycles. The molecule has 1 aliphatic heterocycles. The summed E-state index contributed by atoms with van der Waals surface area (Å²) < 4.78 is 33.4. The molecule has 1 amide bonds. The lowest BCUT2D eigenvalue weighted by atomic mass is 10.2. The Labute approximate surface area is 191 Å². The summed E-state index contributed by atoms with van der Waals surface area (Å²) in [5.74, 6) is 0.223. The first kappa shape index (κ1) is 24.1. The van der Waals surface area contributed by atoms with Crippen LogP contribution in [-0.2, 0) is 14.8 Å². The van der Waals surface area contributed by atoms with E-state index in [0.717, 1.165) is 30.5 Å². The number of anilines is 2. The molecule has 1 N–H and O–H groups in total. The van der Waals surface area contributed by atoms with Crippen molar-refractivity contribution in [2.24, 2.45) is 0 Å². The van der Waals surface area contributed by atoms with E-state index in [1.54, 1.807) is 12.1 Å². The van der Waals surface area contributed by atoms with Gasteiger partial charge in [-0.2, -0.15) is 4.31 Å². The highest BCUT2D eigenvalue weighted by atomic mass is 32.2. The quantitative estimate of drug-likeness (QED) is 0.612. The van der Waals surface area contributed by atoms with E-state index >= 15 is 0 Å². The number of likely N-dealkylation sites (N-methyl/N-ethyl adjacent to an activating group) is 1. The summed E-state index contributed by atoms with van der Waals surface area (Å²) in [6.45, 7) is 8.13. The molecule has 0 unspecified atom stereocenters. The van der Waals surface area contributed by atoms with E-state index in [1.807, 2.05) is 49.9 Å². The average Bonchev–Trinajstić information content (AvgIpc) is 2.80. The van der Waals surface area contributed by atoms with Crippen LogP contribution in [0.1, 0.15) is 38.7 Å². The summed E-state index contributed by atoms with van der Waals surface area (Å²) in [7, 11) is -3.61. The van der Waals surface area contributed by atoms with Gasteiger partial charge in [-0.1, -0.05) is 24.6 Å². The van der Waals surface area contributed by atoms with Gasteiger partial charge in [-0.25, -0.2) is 8.42 Å². The Balaban J connectivity index is 1.83. The number of sulfonamides is 1. The second kappa shape index (κ2) is 10.8. The fraction of sp³-hybridized carbons (Fsp3) is 0.458. The number of hydrogen-bond acceptors (Lipinski definition) is 5. The molecule has 2 aromatic carbocycles. The monoisotopic (exact) mass is 459 g/mol. The predicted molar refractivity (Wildman–Crippen MR) is 128 cm³/mol. The third-order valence-electron chi connectivity index (χ3n) is 5.65. The summed E-state index contributed by atoms with van der Waals surface area (Å²) in [4.78, 5) is 15.1.